The highest BCUT2D eigenvalue weighted by atomic mass is 79.9. The quantitative estimate of drug-likeness (QED) is 0.794. The van der Waals surface area contributed by atoms with Crippen LogP contribution in [0.2, 0.25) is 0 Å². The minimum atomic E-state index is -0.546. The SMILES string of the molecule is Cc1cc(Br)cnc1N(CC(N)=O)CC(N)=O. The lowest BCUT2D eigenvalue weighted by Gasteiger charge is -2.22. The molecule has 0 unspecified atom stereocenters. The van der Waals surface area contributed by atoms with Crippen LogP contribution in [0.15, 0.2) is 16.7 Å². The third-order valence-corrected chi connectivity index (χ3v) is 2.44. The van der Waals surface area contributed by atoms with E-state index in [1.807, 2.05) is 13.0 Å². The van der Waals surface area contributed by atoms with E-state index in [0.717, 1.165) is 10.0 Å². The summed E-state index contributed by atoms with van der Waals surface area (Å²) in [6.07, 6.45) is 1.58. The van der Waals surface area contributed by atoms with E-state index in [0.29, 0.717) is 5.82 Å². The second-order valence-electron chi connectivity index (χ2n) is 3.58. The lowest BCUT2D eigenvalue weighted by Crippen LogP contribution is -2.40. The number of anilines is 1. The van der Waals surface area contributed by atoms with Crippen molar-refractivity contribution in [1.29, 1.82) is 0 Å². The number of aromatic nitrogens is 1. The molecule has 1 heterocycles. The Hall–Kier alpha value is -1.63. The predicted octanol–water partition coefficient (Wildman–Crippen LogP) is -0.0705. The first-order valence-corrected chi connectivity index (χ1v) is 5.63. The number of pyridine rings is 1. The largest absolute Gasteiger partial charge is 0.368 e. The molecule has 0 atom stereocenters. The molecule has 1 aromatic rings. The molecule has 0 aliphatic heterocycles. The molecular weight excluding hydrogens is 288 g/mol. The Kier molecular flexibility index (Phi) is 4.45. The zero-order valence-electron chi connectivity index (χ0n) is 9.31. The summed E-state index contributed by atoms with van der Waals surface area (Å²) >= 11 is 3.28. The van der Waals surface area contributed by atoms with Gasteiger partial charge in [0, 0.05) is 10.7 Å². The molecule has 1 aromatic heterocycles. The fourth-order valence-corrected chi connectivity index (χ4v) is 1.89. The average molecular weight is 301 g/mol. The van der Waals surface area contributed by atoms with E-state index in [-0.39, 0.29) is 13.1 Å². The van der Waals surface area contributed by atoms with Gasteiger partial charge in [0.15, 0.2) is 0 Å². The van der Waals surface area contributed by atoms with Gasteiger partial charge >= 0.3 is 0 Å². The van der Waals surface area contributed by atoms with Crippen molar-refractivity contribution in [3.8, 4) is 0 Å². The van der Waals surface area contributed by atoms with Crippen molar-refractivity contribution in [3.63, 3.8) is 0 Å². The maximum atomic E-state index is 10.9. The zero-order valence-corrected chi connectivity index (χ0v) is 10.9. The van der Waals surface area contributed by atoms with Crippen LogP contribution in [-0.4, -0.2) is 29.9 Å². The van der Waals surface area contributed by atoms with Gasteiger partial charge in [0.1, 0.15) is 5.82 Å². The molecular formula is C10H13BrN4O2. The Morgan fingerprint density at radius 3 is 2.29 bits per heavy atom. The lowest BCUT2D eigenvalue weighted by atomic mass is 10.2. The van der Waals surface area contributed by atoms with Crippen LogP contribution < -0.4 is 16.4 Å². The number of aryl methyl sites for hydroxylation is 1. The van der Waals surface area contributed by atoms with E-state index >= 15 is 0 Å². The minimum absolute atomic E-state index is 0.0988. The normalized spacial score (nSPS) is 10.0. The van der Waals surface area contributed by atoms with Gasteiger partial charge in [-0.3, -0.25) is 9.59 Å². The van der Waals surface area contributed by atoms with Crippen LogP contribution in [0.3, 0.4) is 0 Å². The first-order valence-electron chi connectivity index (χ1n) is 4.84. The molecule has 0 spiro atoms. The Morgan fingerprint density at radius 1 is 1.35 bits per heavy atom. The highest BCUT2D eigenvalue weighted by Crippen LogP contribution is 2.20. The van der Waals surface area contributed by atoms with E-state index in [9.17, 15) is 9.59 Å². The molecule has 0 fully saturated rings. The summed E-state index contributed by atoms with van der Waals surface area (Å²) in [7, 11) is 0. The third-order valence-electron chi connectivity index (χ3n) is 2.01. The molecule has 4 N–H and O–H groups in total. The number of hydrogen-bond acceptors (Lipinski definition) is 4. The number of nitrogens with zero attached hydrogens (tertiary/aromatic N) is 2. The highest BCUT2D eigenvalue weighted by molar-refractivity contribution is 9.10. The molecule has 7 heteroatoms. The van der Waals surface area contributed by atoms with Gasteiger partial charge in [-0.25, -0.2) is 4.98 Å². The molecule has 0 aliphatic carbocycles. The predicted molar refractivity (Wildman–Crippen MR) is 67.3 cm³/mol. The van der Waals surface area contributed by atoms with Crippen LogP contribution >= 0.6 is 15.9 Å². The number of carbonyl (C=O) groups is 2. The number of rotatable bonds is 5. The fraction of sp³-hybridized carbons (Fsp3) is 0.300. The first-order chi connectivity index (χ1) is 7.90. The van der Waals surface area contributed by atoms with Crippen LogP contribution in [-0.2, 0) is 9.59 Å². The number of halogens is 1. The number of hydrogen-bond donors (Lipinski definition) is 2. The van der Waals surface area contributed by atoms with E-state index in [4.69, 9.17) is 11.5 Å². The van der Waals surface area contributed by atoms with Crippen molar-refractivity contribution >= 4 is 33.6 Å². The highest BCUT2D eigenvalue weighted by Gasteiger charge is 2.15. The van der Waals surface area contributed by atoms with Crippen molar-refractivity contribution in [1.82, 2.24) is 4.98 Å². The molecule has 1 rings (SSSR count). The van der Waals surface area contributed by atoms with Crippen LogP contribution in [0.5, 0.6) is 0 Å². The van der Waals surface area contributed by atoms with Gasteiger partial charge in [-0.2, -0.15) is 0 Å². The van der Waals surface area contributed by atoms with Crippen LogP contribution in [0, 0.1) is 6.92 Å². The molecule has 0 bridgehead atoms. The molecule has 0 saturated carbocycles. The van der Waals surface area contributed by atoms with Crippen LogP contribution in [0.25, 0.3) is 0 Å². The summed E-state index contributed by atoms with van der Waals surface area (Å²) in [4.78, 5) is 27.5. The molecule has 2 amide bonds. The van der Waals surface area contributed by atoms with Gasteiger partial charge in [-0.1, -0.05) is 0 Å². The van der Waals surface area contributed by atoms with Crippen molar-refractivity contribution in [2.24, 2.45) is 11.5 Å². The van der Waals surface area contributed by atoms with Gasteiger partial charge in [0.05, 0.1) is 13.1 Å². The third kappa shape index (κ3) is 4.03. The second-order valence-corrected chi connectivity index (χ2v) is 4.50. The van der Waals surface area contributed by atoms with Crippen molar-refractivity contribution in [3.05, 3.63) is 22.3 Å². The van der Waals surface area contributed by atoms with Gasteiger partial charge in [0.2, 0.25) is 11.8 Å². The Bertz CT molecular complexity index is 434. The maximum Gasteiger partial charge on any atom is 0.237 e. The standard InChI is InChI=1S/C10H13BrN4O2/c1-6-2-7(11)3-14-10(6)15(4-8(12)16)5-9(13)17/h2-3H,4-5H2,1H3,(H2,12,16)(H2,13,17). The van der Waals surface area contributed by atoms with Gasteiger partial charge < -0.3 is 16.4 Å². The van der Waals surface area contributed by atoms with E-state index < -0.39 is 11.8 Å². The molecule has 92 valence electrons. The number of amides is 2. The Morgan fingerprint density at radius 2 is 1.88 bits per heavy atom. The minimum Gasteiger partial charge on any atom is -0.368 e. The van der Waals surface area contributed by atoms with E-state index in [1.54, 1.807) is 6.20 Å². The van der Waals surface area contributed by atoms with Gasteiger partial charge in [-0.15, -0.1) is 0 Å². The molecule has 0 aliphatic rings. The molecule has 0 saturated heterocycles. The summed E-state index contributed by atoms with van der Waals surface area (Å²) in [6, 6.07) is 1.83. The molecule has 6 nitrogen and oxygen atoms in total. The van der Waals surface area contributed by atoms with Crippen molar-refractivity contribution in [2.75, 3.05) is 18.0 Å². The van der Waals surface area contributed by atoms with E-state index in [1.165, 1.54) is 4.90 Å². The second kappa shape index (κ2) is 5.62. The van der Waals surface area contributed by atoms with Crippen molar-refractivity contribution in [2.45, 2.75) is 6.92 Å². The van der Waals surface area contributed by atoms with E-state index in [2.05, 4.69) is 20.9 Å². The summed E-state index contributed by atoms with van der Waals surface area (Å²) in [5, 5.41) is 0. The maximum absolute atomic E-state index is 10.9. The average Bonchev–Trinajstić information content (AvgIpc) is 2.14. The summed E-state index contributed by atoms with van der Waals surface area (Å²) in [6.45, 7) is 1.62. The fourth-order valence-electron chi connectivity index (χ4n) is 1.45. The molecule has 17 heavy (non-hydrogen) atoms. The number of primary amides is 2. The molecule has 0 radical (unpaired) electrons. The van der Waals surface area contributed by atoms with Crippen LogP contribution in [0.1, 0.15) is 5.56 Å². The number of carbonyl (C=O) groups excluding carboxylic acids is 2. The first kappa shape index (κ1) is 13.4. The lowest BCUT2D eigenvalue weighted by molar-refractivity contribution is -0.117. The van der Waals surface area contributed by atoms with Gasteiger partial charge in [-0.05, 0) is 34.5 Å². The number of nitrogens with two attached hydrogens (primary N) is 2. The van der Waals surface area contributed by atoms with Crippen LogP contribution in [0.4, 0.5) is 5.82 Å². The summed E-state index contributed by atoms with van der Waals surface area (Å²) < 4.78 is 0.817. The monoisotopic (exact) mass is 300 g/mol. The zero-order chi connectivity index (χ0) is 13.0. The topological polar surface area (TPSA) is 102 Å². The smallest absolute Gasteiger partial charge is 0.237 e. The van der Waals surface area contributed by atoms with Crippen molar-refractivity contribution < 1.29 is 9.59 Å². The summed E-state index contributed by atoms with van der Waals surface area (Å²) in [5.74, 6) is -0.573. The molecule has 0 aromatic carbocycles. The summed E-state index contributed by atoms with van der Waals surface area (Å²) in [5.41, 5.74) is 11.1. The Balaban J connectivity index is 3.02. The Labute approximate surface area is 107 Å². The van der Waals surface area contributed by atoms with Gasteiger partial charge in [0.25, 0.3) is 0 Å².